The lowest BCUT2D eigenvalue weighted by Gasteiger charge is -2.40. The highest BCUT2D eigenvalue weighted by atomic mass is 16.6. The molecule has 1 aliphatic carbocycles. The molecular weight excluding hydrogens is 244 g/mol. The summed E-state index contributed by atoms with van der Waals surface area (Å²) in [4.78, 5) is 14.0. The van der Waals surface area contributed by atoms with E-state index in [1.165, 1.54) is 39.2 Å². The van der Waals surface area contributed by atoms with Crippen molar-refractivity contribution in [3.8, 4) is 0 Å². The lowest BCUT2D eigenvalue weighted by molar-refractivity contribution is -0.161. The van der Waals surface area contributed by atoms with E-state index in [1.807, 2.05) is 0 Å². The third-order valence-electron chi connectivity index (χ3n) is 4.45. The van der Waals surface area contributed by atoms with Gasteiger partial charge in [0.15, 0.2) is 6.10 Å². The van der Waals surface area contributed by atoms with Crippen LogP contribution in [-0.2, 0) is 14.3 Å². The summed E-state index contributed by atoms with van der Waals surface area (Å²) >= 11 is 0. The summed E-state index contributed by atoms with van der Waals surface area (Å²) < 4.78 is 10.3. The van der Waals surface area contributed by atoms with Crippen LogP contribution in [0.3, 0.4) is 0 Å². The number of carbonyl (C=O) groups is 1. The zero-order valence-corrected chi connectivity index (χ0v) is 11.8. The van der Waals surface area contributed by atoms with E-state index in [0.29, 0.717) is 25.1 Å². The van der Waals surface area contributed by atoms with Crippen molar-refractivity contribution >= 4 is 5.97 Å². The Labute approximate surface area is 115 Å². The number of nitrogens with two attached hydrogens (primary N) is 1. The average molecular weight is 270 g/mol. The maximum Gasteiger partial charge on any atom is 0.336 e. The molecule has 0 radical (unpaired) electrons. The van der Waals surface area contributed by atoms with E-state index in [2.05, 4.69) is 4.90 Å². The SMILES string of the molecule is COC(=O)C1CN(C2CCCCCC2CN)CCO1. The molecule has 1 saturated carbocycles. The monoisotopic (exact) mass is 270 g/mol. The molecule has 1 aliphatic heterocycles. The van der Waals surface area contributed by atoms with Crippen molar-refractivity contribution in [2.75, 3.05) is 33.4 Å². The molecule has 1 saturated heterocycles. The minimum atomic E-state index is -0.430. The van der Waals surface area contributed by atoms with E-state index in [0.717, 1.165) is 13.1 Å². The normalized spacial score (nSPS) is 33.7. The van der Waals surface area contributed by atoms with Gasteiger partial charge in [0.1, 0.15) is 0 Å². The highest BCUT2D eigenvalue weighted by Crippen LogP contribution is 2.28. The van der Waals surface area contributed by atoms with Crippen LogP contribution < -0.4 is 5.73 Å². The van der Waals surface area contributed by atoms with Gasteiger partial charge in [0.05, 0.1) is 13.7 Å². The van der Waals surface area contributed by atoms with E-state index in [1.54, 1.807) is 0 Å². The van der Waals surface area contributed by atoms with Gasteiger partial charge in [-0.25, -0.2) is 4.79 Å². The fourth-order valence-corrected chi connectivity index (χ4v) is 3.36. The van der Waals surface area contributed by atoms with Gasteiger partial charge in [0.25, 0.3) is 0 Å². The standard InChI is InChI=1S/C14H26N2O3/c1-18-14(17)13-10-16(7-8-19-13)12-6-4-2-3-5-11(12)9-15/h11-13H,2-10,15H2,1H3. The molecule has 5 nitrogen and oxygen atoms in total. The van der Waals surface area contributed by atoms with Gasteiger partial charge in [0.2, 0.25) is 0 Å². The van der Waals surface area contributed by atoms with Gasteiger partial charge >= 0.3 is 5.97 Å². The summed E-state index contributed by atoms with van der Waals surface area (Å²) in [5.41, 5.74) is 5.94. The minimum absolute atomic E-state index is 0.261. The first-order chi connectivity index (χ1) is 9.26. The van der Waals surface area contributed by atoms with E-state index in [9.17, 15) is 4.79 Å². The Hall–Kier alpha value is -0.650. The first kappa shape index (κ1) is 14.8. The number of hydrogen-bond acceptors (Lipinski definition) is 5. The number of esters is 1. The molecule has 0 bridgehead atoms. The van der Waals surface area contributed by atoms with Crippen LogP contribution in [0.1, 0.15) is 32.1 Å². The lowest BCUT2D eigenvalue weighted by atomic mass is 9.93. The Morgan fingerprint density at radius 1 is 1.37 bits per heavy atom. The minimum Gasteiger partial charge on any atom is -0.467 e. The number of ether oxygens (including phenoxy) is 2. The van der Waals surface area contributed by atoms with Crippen LogP contribution in [0, 0.1) is 5.92 Å². The van der Waals surface area contributed by atoms with Crippen LogP contribution in [0.2, 0.25) is 0 Å². The van der Waals surface area contributed by atoms with E-state index < -0.39 is 6.10 Å². The maximum atomic E-state index is 11.6. The number of morpholine rings is 1. The Bertz CT molecular complexity index is 298. The predicted octanol–water partition coefficient (Wildman–Crippen LogP) is 0.768. The second-order valence-corrected chi connectivity index (χ2v) is 5.58. The molecule has 0 aromatic heterocycles. The van der Waals surface area contributed by atoms with Crippen molar-refractivity contribution in [1.82, 2.24) is 4.90 Å². The van der Waals surface area contributed by atoms with Crippen molar-refractivity contribution in [3.05, 3.63) is 0 Å². The first-order valence-electron chi connectivity index (χ1n) is 7.39. The maximum absolute atomic E-state index is 11.6. The number of methoxy groups -OCH3 is 1. The first-order valence-corrected chi connectivity index (χ1v) is 7.39. The van der Waals surface area contributed by atoms with Gasteiger partial charge in [-0.3, -0.25) is 4.90 Å². The molecule has 110 valence electrons. The molecule has 3 unspecified atom stereocenters. The summed E-state index contributed by atoms with van der Waals surface area (Å²) in [6.45, 7) is 2.89. The largest absolute Gasteiger partial charge is 0.467 e. The zero-order chi connectivity index (χ0) is 13.7. The molecule has 2 fully saturated rings. The molecule has 2 rings (SSSR count). The van der Waals surface area contributed by atoms with E-state index in [-0.39, 0.29) is 5.97 Å². The molecule has 5 heteroatoms. The van der Waals surface area contributed by atoms with Crippen LogP contribution in [-0.4, -0.2) is 56.4 Å². The molecule has 19 heavy (non-hydrogen) atoms. The highest BCUT2D eigenvalue weighted by molar-refractivity contribution is 5.74. The Morgan fingerprint density at radius 3 is 2.89 bits per heavy atom. The molecular formula is C14H26N2O3. The van der Waals surface area contributed by atoms with Crippen molar-refractivity contribution in [2.45, 2.75) is 44.2 Å². The van der Waals surface area contributed by atoms with Crippen molar-refractivity contribution < 1.29 is 14.3 Å². The summed E-state index contributed by atoms with van der Waals surface area (Å²) in [5.74, 6) is 0.293. The van der Waals surface area contributed by atoms with E-state index in [4.69, 9.17) is 15.2 Å². The Morgan fingerprint density at radius 2 is 2.16 bits per heavy atom. The van der Waals surface area contributed by atoms with Gasteiger partial charge in [0, 0.05) is 19.1 Å². The molecule has 2 aliphatic rings. The van der Waals surface area contributed by atoms with Gasteiger partial charge in [-0.2, -0.15) is 0 Å². The van der Waals surface area contributed by atoms with Crippen molar-refractivity contribution in [3.63, 3.8) is 0 Å². The fourth-order valence-electron chi connectivity index (χ4n) is 3.36. The van der Waals surface area contributed by atoms with Crippen LogP contribution >= 0.6 is 0 Å². The summed E-state index contributed by atoms with van der Waals surface area (Å²) in [7, 11) is 1.42. The van der Waals surface area contributed by atoms with Crippen LogP contribution in [0.25, 0.3) is 0 Å². The van der Waals surface area contributed by atoms with Gasteiger partial charge < -0.3 is 15.2 Å². The fraction of sp³-hybridized carbons (Fsp3) is 0.929. The molecule has 0 aromatic rings. The summed E-state index contributed by atoms with van der Waals surface area (Å²) in [6, 6.07) is 0.503. The number of carbonyl (C=O) groups excluding carboxylic acids is 1. The van der Waals surface area contributed by atoms with Crippen LogP contribution in [0.5, 0.6) is 0 Å². The third-order valence-corrected chi connectivity index (χ3v) is 4.45. The number of nitrogens with zero attached hydrogens (tertiary/aromatic N) is 1. The van der Waals surface area contributed by atoms with Crippen LogP contribution in [0.4, 0.5) is 0 Å². The average Bonchev–Trinajstić information content (AvgIpc) is 2.71. The number of rotatable bonds is 3. The Balaban J connectivity index is 1.99. The molecule has 0 aromatic carbocycles. The number of hydrogen-bond donors (Lipinski definition) is 1. The van der Waals surface area contributed by atoms with Crippen molar-refractivity contribution in [2.24, 2.45) is 11.7 Å². The Kier molecular flexibility index (Phi) is 5.60. The van der Waals surface area contributed by atoms with Gasteiger partial charge in [-0.15, -0.1) is 0 Å². The van der Waals surface area contributed by atoms with Gasteiger partial charge in [-0.1, -0.05) is 19.3 Å². The lowest BCUT2D eigenvalue weighted by Crippen LogP contribution is -2.53. The third kappa shape index (κ3) is 3.68. The quantitative estimate of drug-likeness (QED) is 0.606. The highest BCUT2D eigenvalue weighted by Gasteiger charge is 2.34. The zero-order valence-electron chi connectivity index (χ0n) is 11.8. The summed E-state index contributed by atoms with van der Waals surface area (Å²) in [5, 5.41) is 0. The predicted molar refractivity (Wildman–Crippen MR) is 72.7 cm³/mol. The van der Waals surface area contributed by atoms with Crippen LogP contribution in [0.15, 0.2) is 0 Å². The summed E-state index contributed by atoms with van der Waals surface area (Å²) in [6.07, 6.45) is 5.82. The molecule has 2 N–H and O–H groups in total. The topological polar surface area (TPSA) is 64.8 Å². The second kappa shape index (κ2) is 7.22. The second-order valence-electron chi connectivity index (χ2n) is 5.58. The molecule has 3 atom stereocenters. The molecule has 1 heterocycles. The van der Waals surface area contributed by atoms with Gasteiger partial charge in [-0.05, 0) is 25.3 Å². The van der Waals surface area contributed by atoms with Crippen molar-refractivity contribution in [1.29, 1.82) is 0 Å². The van der Waals surface area contributed by atoms with E-state index >= 15 is 0 Å². The molecule has 0 spiro atoms. The molecule has 0 amide bonds. The smallest absolute Gasteiger partial charge is 0.336 e.